The molecule has 1 N–H and O–H groups in total. The van der Waals surface area contributed by atoms with Gasteiger partial charge in [-0.1, -0.05) is 0 Å². The number of rotatable bonds is 4. The number of aromatic nitrogens is 4. The smallest absolute Gasteiger partial charge is 0.354 e. The Kier molecular flexibility index (Phi) is 3.19. The van der Waals surface area contributed by atoms with Gasteiger partial charge in [-0.3, -0.25) is 14.7 Å². The number of nitrogens with zero attached hydrogens (tertiary/aromatic N) is 5. The van der Waals surface area contributed by atoms with Crippen LogP contribution in [-0.4, -0.2) is 31.2 Å². The molecule has 10 heteroatoms. The molecule has 1 aliphatic heterocycles. The molecule has 10 nitrogen and oxygen atoms in total. The minimum absolute atomic E-state index is 0.0672. The fourth-order valence-corrected chi connectivity index (χ4v) is 2.31. The molecule has 0 amide bonds. The van der Waals surface area contributed by atoms with Gasteiger partial charge in [0, 0.05) is 24.1 Å². The minimum Gasteiger partial charge on any atom is -0.454 e. The Bertz CT molecular complexity index is 912. The second-order valence-corrected chi connectivity index (χ2v) is 4.81. The van der Waals surface area contributed by atoms with Gasteiger partial charge in [-0.05, 0) is 12.1 Å². The van der Waals surface area contributed by atoms with Crippen molar-refractivity contribution in [1.29, 1.82) is 0 Å². The summed E-state index contributed by atoms with van der Waals surface area (Å²) >= 11 is 0. The Morgan fingerprint density at radius 2 is 2.12 bits per heavy atom. The summed E-state index contributed by atoms with van der Waals surface area (Å²) in [5.74, 6) is 1.37. The summed E-state index contributed by atoms with van der Waals surface area (Å²) in [6, 6.07) is 5.12. The van der Waals surface area contributed by atoms with Crippen LogP contribution in [0.15, 0.2) is 43.2 Å². The Morgan fingerprint density at radius 1 is 1.25 bits per heavy atom. The van der Waals surface area contributed by atoms with E-state index in [-0.39, 0.29) is 24.1 Å². The lowest BCUT2D eigenvalue weighted by molar-refractivity contribution is -0.384. The predicted molar refractivity (Wildman–Crippen MR) is 81.7 cm³/mol. The van der Waals surface area contributed by atoms with E-state index in [0.717, 1.165) is 0 Å². The molecule has 3 heterocycles. The molecule has 0 unspecified atom stereocenters. The first-order valence-electron chi connectivity index (χ1n) is 6.87. The Labute approximate surface area is 134 Å². The monoisotopic (exact) mass is 326 g/mol. The molecule has 0 spiro atoms. The third-order valence-electron chi connectivity index (χ3n) is 3.37. The SMILES string of the molecule is O=[N+]([O-])c1c(Nc2ccc3c(c2)OCO3)ncnc1-n1ccnc1. The maximum absolute atomic E-state index is 11.5. The van der Waals surface area contributed by atoms with E-state index in [1.807, 2.05) is 0 Å². The number of imidazole rings is 1. The molecule has 3 aromatic rings. The summed E-state index contributed by atoms with van der Waals surface area (Å²) in [5.41, 5.74) is 0.325. The van der Waals surface area contributed by atoms with Crippen LogP contribution >= 0.6 is 0 Å². The summed E-state index contributed by atoms with van der Waals surface area (Å²) in [6.45, 7) is 0.150. The normalized spacial score (nSPS) is 12.2. The first kappa shape index (κ1) is 13.9. The second-order valence-electron chi connectivity index (χ2n) is 4.81. The molecule has 4 rings (SSSR count). The highest BCUT2D eigenvalue weighted by molar-refractivity contribution is 5.71. The maximum Gasteiger partial charge on any atom is 0.354 e. The van der Waals surface area contributed by atoms with Gasteiger partial charge in [0.2, 0.25) is 18.4 Å². The molecule has 2 aromatic heterocycles. The molecule has 0 bridgehead atoms. The summed E-state index contributed by atoms with van der Waals surface area (Å²) in [7, 11) is 0. The number of fused-ring (bicyclic) bond motifs is 1. The number of ether oxygens (including phenoxy) is 2. The fourth-order valence-electron chi connectivity index (χ4n) is 2.31. The molecule has 0 aliphatic carbocycles. The maximum atomic E-state index is 11.5. The lowest BCUT2D eigenvalue weighted by atomic mass is 10.2. The highest BCUT2D eigenvalue weighted by Crippen LogP contribution is 2.36. The van der Waals surface area contributed by atoms with E-state index in [1.54, 1.807) is 24.4 Å². The van der Waals surface area contributed by atoms with Crippen molar-refractivity contribution in [2.75, 3.05) is 12.1 Å². The third kappa shape index (κ3) is 2.35. The van der Waals surface area contributed by atoms with Crippen LogP contribution in [0.5, 0.6) is 11.5 Å². The van der Waals surface area contributed by atoms with E-state index in [1.165, 1.54) is 23.4 Å². The van der Waals surface area contributed by atoms with E-state index in [4.69, 9.17) is 9.47 Å². The van der Waals surface area contributed by atoms with Crippen molar-refractivity contribution < 1.29 is 14.4 Å². The Morgan fingerprint density at radius 3 is 2.92 bits per heavy atom. The van der Waals surface area contributed by atoms with Crippen molar-refractivity contribution >= 4 is 17.2 Å². The van der Waals surface area contributed by atoms with Crippen LogP contribution in [0.2, 0.25) is 0 Å². The number of nitro groups is 1. The molecular weight excluding hydrogens is 316 g/mol. The van der Waals surface area contributed by atoms with Crippen LogP contribution in [0.1, 0.15) is 0 Å². The Hall–Kier alpha value is -3.69. The van der Waals surface area contributed by atoms with Gasteiger partial charge in [0.1, 0.15) is 12.7 Å². The topological polar surface area (TPSA) is 117 Å². The fraction of sp³-hybridized carbons (Fsp3) is 0.0714. The summed E-state index contributed by atoms with van der Waals surface area (Å²) < 4.78 is 12.0. The molecule has 24 heavy (non-hydrogen) atoms. The van der Waals surface area contributed by atoms with E-state index in [2.05, 4.69) is 20.3 Å². The zero-order chi connectivity index (χ0) is 16.5. The van der Waals surface area contributed by atoms with Gasteiger partial charge in [0.15, 0.2) is 11.5 Å². The minimum atomic E-state index is -0.537. The molecule has 0 fully saturated rings. The van der Waals surface area contributed by atoms with Crippen molar-refractivity contribution in [3.8, 4) is 17.3 Å². The van der Waals surface area contributed by atoms with Gasteiger partial charge < -0.3 is 14.8 Å². The molecular formula is C14H10N6O4. The predicted octanol–water partition coefficient (Wildman–Crippen LogP) is 2.04. The van der Waals surface area contributed by atoms with Crippen LogP contribution in [0.25, 0.3) is 5.82 Å². The largest absolute Gasteiger partial charge is 0.454 e. The molecule has 120 valence electrons. The molecule has 0 radical (unpaired) electrons. The standard InChI is InChI=1S/C14H10N6O4/c21-20(22)12-13(16-6-17-14(12)19-4-3-15-7-19)18-9-1-2-10-11(5-9)24-8-23-10/h1-7H,8H2,(H,16,17,18). The van der Waals surface area contributed by atoms with Crippen LogP contribution in [-0.2, 0) is 0 Å². The van der Waals surface area contributed by atoms with Crippen molar-refractivity contribution in [3.63, 3.8) is 0 Å². The van der Waals surface area contributed by atoms with Gasteiger partial charge in [-0.2, -0.15) is 0 Å². The highest BCUT2D eigenvalue weighted by Gasteiger charge is 2.24. The summed E-state index contributed by atoms with van der Waals surface area (Å²) in [4.78, 5) is 22.8. The van der Waals surface area contributed by atoms with E-state index < -0.39 is 4.92 Å². The lowest BCUT2D eigenvalue weighted by Gasteiger charge is -2.09. The number of anilines is 2. The average molecular weight is 326 g/mol. The van der Waals surface area contributed by atoms with Crippen molar-refractivity contribution in [2.45, 2.75) is 0 Å². The van der Waals surface area contributed by atoms with Gasteiger partial charge in [-0.15, -0.1) is 0 Å². The number of nitrogens with one attached hydrogen (secondary N) is 1. The molecule has 0 atom stereocenters. The molecule has 1 aliphatic rings. The van der Waals surface area contributed by atoms with Gasteiger partial charge in [-0.25, -0.2) is 15.0 Å². The van der Waals surface area contributed by atoms with Crippen LogP contribution in [0.4, 0.5) is 17.2 Å². The van der Waals surface area contributed by atoms with E-state index >= 15 is 0 Å². The second kappa shape index (κ2) is 5.50. The summed E-state index contributed by atoms with van der Waals surface area (Å²) in [6.07, 6.45) is 5.76. The van der Waals surface area contributed by atoms with Crippen molar-refractivity contribution in [1.82, 2.24) is 19.5 Å². The number of hydrogen-bond donors (Lipinski definition) is 1. The Balaban J connectivity index is 1.75. The van der Waals surface area contributed by atoms with Crippen molar-refractivity contribution in [3.05, 3.63) is 53.4 Å². The lowest BCUT2D eigenvalue weighted by Crippen LogP contribution is -2.06. The summed E-state index contributed by atoms with van der Waals surface area (Å²) in [5, 5.41) is 14.4. The van der Waals surface area contributed by atoms with Crippen LogP contribution < -0.4 is 14.8 Å². The van der Waals surface area contributed by atoms with E-state index in [0.29, 0.717) is 17.2 Å². The molecule has 1 aromatic carbocycles. The van der Waals surface area contributed by atoms with Crippen LogP contribution in [0.3, 0.4) is 0 Å². The highest BCUT2D eigenvalue weighted by atomic mass is 16.7. The first-order valence-corrected chi connectivity index (χ1v) is 6.87. The zero-order valence-electron chi connectivity index (χ0n) is 12.1. The van der Waals surface area contributed by atoms with Gasteiger partial charge >= 0.3 is 5.69 Å². The molecule has 0 saturated heterocycles. The first-order chi connectivity index (χ1) is 11.7. The number of hydrogen-bond acceptors (Lipinski definition) is 8. The average Bonchev–Trinajstić information content (AvgIpc) is 3.25. The quantitative estimate of drug-likeness (QED) is 0.571. The van der Waals surface area contributed by atoms with Gasteiger partial charge in [0.25, 0.3) is 0 Å². The van der Waals surface area contributed by atoms with Crippen LogP contribution in [0, 0.1) is 10.1 Å². The van der Waals surface area contributed by atoms with Gasteiger partial charge in [0.05, 0.1) is 4.92 Å². The van der Waals surface area contributed by atoms with Crippen molar-refractivity contribution in [2.24, 2.45) is 0 Å². The molecule has 0 saturated carbocycles. The number of benzene rings is 1. The third-order valence-corrected chi connectivity index (χ3v) is 3.37. The van der Waals surface area contributed by atoms with E-state index in [9.17, 15) is 10.1 Å². The zero-order valence-corrected chi connectivity index (χ0v) is 12.1.